The zero-order valence-electron chi connectivity index (χ0n) is 25.0. The van der Waals surface area contributed by atoms with Gasteiger partial charge in [-0.25, -0.2) is 0 Å². The maximum absolute atomic E-state index is 12.0. The van der Waals surface area contributed by atoms with E-state index in [9.17, 15) is 4.79 Å². The van der Waals surface area contributed by atoms with E-state index in [2.05, 4.69) is 6.92 Å². The molecule has 0 heterocycles. The normalized spacial score (nSPS) is 12.2. The molecular formula is C28H56O12. The number of ether oxygens (including phenoxy) is 10. The van der Waals surface area contributed by atoms with Crippen molar-refractivity contribution in [2.45, 2.75) is 39.5 Å². The number of unbranched alkanes of at least 4 members (excludes halogenated alkanes) is 1. The molecule has 0 fully saturated rings. The van der Waals surface area contributed by atoms with E-state index < -0.39 is 0 Å². The first-order valence-electron chi connectivity index (χ1n) is 14.7. The summed E-state index contributed by atoms with van der Waals surface area (Å²) in [6.07, 6.45) is 3.84. The molecule has 0 radical (unpaired) electrons. The second-order valence-corrected chi connectivity index (χ2v) is 8.65. The van der Waals surface area contributed by atoms with Gasteiger partial charge in [-0.2, -0.15) is 0 Å². The highest BCUT2D eigenvalue weighted by Crippen LogP contribution is 2.14. The summed E-state index contributed by atoms with van der Waals surface area (Å²) in [5.41, 5.74) is 0. The van der Waals surface area contributed by atoms with Gasteiger partial charge in [0.05, 0.1) is 131 Å². The molecule has 0 saturated heterocycles. The third-order valence-electron chi connectivity index (χ3n) is 5.42. The zero-order valence-corrected chi connectivity index (χ0v) is 25.0. The molecule has 12 heteroatoms. The van der Waals surface area contributed by atoms with E-state index in [-0.39, 0.29) is 25.1 Å². The summed E-state index contributed by atoms with van der Waals surface area (Å²) in [4.78, 5) is 12.0. The summed E-state index contributed by atoms with van der Waals surface area (Å²) in [5.74, 6) is -0.122. The molecular weight excluding hydrogens is 528 g/mol. The Labute approximate surface area is 241 Å². The highest BCUT2D eigenvalue weighted by molar-refractivity contribution is 5.72. The summed E-state index contributed by atoms with van der Waals surface area (Å²) in [6.45, 7) is 13.0. The smallest absolute Gasteiger partial charge is 0.308 e. The molecule has 0 amide bonds. The van der Waals surface area contributed by atoms with Crippen molar-refractivity contribution in [3.8, 4) is 0 Å². The van der Waals surface area contributed by atoms with Crippen molar-refractivity contribution in [3.63, 3.8) is 0 Å². The molecule has 0 bridgehead atoms. The largest absolute Gasteiger partial charge is 0.463 e. The molecule has 0 rings (SSSR count). The molecule has 0 aromatic heterocycles. The van der Waals surface area contributed by atoms with E-state index >= 15 is 0 Å². The molecule has 12 nitrogen and oxygen atoms in total. The first-order chi connectivity index (χ1) is 19.8. The Morgan fingerprint density at radius 2 is 0.800 bits per heavy atom. The molecule has 0 aliphatic heterocycles. The monoisotopic (exact) mass is 584 g/mol. The van der Waals surface area contributed by atoms with Crippen molar-refractivity contribution in [3.05, 3.63) is 0 Å². The minimum absolute atomic E-state index is 0.00201. The maximum Gasteiger partial charge on any atom is 0.308 e. The number of esters is 1. The quantitative estimate of drug-likeness (QED) is 0.0876. The molecule has 0 aliphatic rings. The molecule has 0 saturated carbocycles. The first kappa shape index (κ1) is 39.1. The van der Waals surface area contributed by atoms with Gasteiger partial charge in [0.15, 0.2) is 0 Å². The number of carbonyl (C=O) groups excluding carboxylic acids is 1. The lowest BCUT2D eigenvalue weighted by atomic mass is 10.00. The average molecular weight is 585 g/mol. The van der Waals surface area contributed by atoms with Crippen LogP contribution in [0.3, 0.4) is 0 Å². The van der Waals surface area contributed by atoms with Crippen LogP contribution in [0.1, 0.15) is 39.5 Å². The molecule has 1 N–H and O–H groups in total. The number of aliphatic hydroxyl groups excluding tert-OH is 1. The summed E-state index contributed by atoms with van der Waals surface area (Å²) in [7, 11) is 0. The van der Waals surface area contributed by atoms with Gasteiger partial charge in [0, 0.05) is 0 Å². The summed E-state index contributed by atoms with van der Waals surface area (Å²) in [6, 6.07) is 0. The van der Waals surface area contributed by atoms with Crippen LogP contribution in [-0.4, -0.2) is 143 Å². The van der Waals surface area contributed by atoms with E-state index in [0.717, 1.165) is 25.7 Å². The highest BCUT2D eigenvalue weighted by Gasteiger charge is 2.16. The lowest BCUT2D eigenvalue weighted by Gasteiger charge is -2.13. The van der Waals surface area contributed by atoms with Crippen LogP contribution in [0.5, 0.6) is 0 Å². The van der Waals surface area contributed by atoms with Crippen molar-refractivity contribution in [1.82, 2.24) is 0 Å². The van der Waals surface area contributed by atoms with Crippen LogP contribution < -0.4 is 0 Å². The Balaban J connectivity index is 3.15. The molecule has 1 atom stereocenters. The zero-order chi connectivity index (χ0) is 29.2. The predicted molar refractivity (Wildman–Crippen MR) is 149 cm³/mol. The fourth-order valence-corrected chi connectivity index (χ4v) is 3.18. The van der Waals surface area contributed by atoms with Gasteiger partial charge in [0.1, 0.15) is 6.61 Å². The van der Waals surface area contributed by atoms with Crippen molar-refractivity contribution in [2.75, 3.05) is 132 Å². The van der Waals surface area contributed by atoms with Crippen LogP contribution in [0.25, 0.3) is 0 Å². The van der Waals surface area contributed by atoms with Gasteiger partial charge in [-0.05, 0) is 12.8 Å². The van der Waals surface area contributed by atoms with E-state index in [1.165, 1.54) is 0 Å². The molecule has 40 heavy (non-hydrogen) atoms. The van der Waals surface area contributed by atoms with Crippen LogP contribution in [0.4, 0.5) is 0 Å². The fourth-order valence-electron chi connectivity index (χ4n) is 3.18. The topological polar surface area (TPSA) is 130 Å². The second-order valence-electron chi connectivity index (χ2n) is 8.65. The van der Waals surface area contributed by atoms with E-state index in [1.54, 1.807) is 0 Å². The molecule has 240 valence electrons. The Morgan fingerprint density at radius 1 is 0.500 bits per heavy atom. The molecule has 0 aromatic rings. The van der Waals surface area contributed by atoms with Crippen molar-refractivity contribution < 1.29 is 57.3 Å². The summed E-state index contributed by atoms with van der Waals surface area (Å²) < 4.78 is 53.7. The maximum atomic E-state index is 12.0. The number of rotatable bonds is 34. The van der Waals surface area contributed by atoms with Crippen LogP contribution in [0, 0.1) is 5.92 Å². The second kappa shape index (κ2) is 34.3. The van der Waals surface area contributed by atoms with E-state index in [0.29, 0.717) is 119 Å². The Kier molecular flexibility index (Phi) is 33.5. The minimum atomic E-state index is -0.120. The summed E-state index contributed by atoms with van der Waals surface area (Å²) in [5, 5.41) is 8.57. The number of aliphatic hydroxyl groups is 1. The van der Waals surface area contributed by atoms with E-state index in [4.69, 9.17) is 52.5 Å². The van der Waals surface area contributed by atoms with Gasteiger partial charge >= 0.3 is 5.97 Å². The highest BCUT2D eigenvalue weighted by atomic mass is 16.6. The number of carbonyl (C=O) groups is 1. The predicted octanol–water partition coefficient (Wildman–Crippen LogP) is 1.89. The van der Waals surface area contributed by atoms with Crippen molar-refractivity contribution in [2.24, 2.45) is 5.92 Å². The first-order valence-corrected chi connectivity index (χ1v) is 14.7. The van der Waals surface area contributed by atoms with Crippen molar-refractivity contribution >= 4 is 5.97 Å². The van der Waals surface area contributed by atoms with Crippen LogP contribution in [0.15, 0.2) is 0 Å². The molecule has 0 spiro atoms. The number of hydrogen-bond donors (Lipinski definition) is 1. The van der Waals surface area contributed by atoms with Crippen LogP contribution >= 0.6 is 0 Å². The molecule has 1 unspecified atom stereocenters. The van der Waals surface area contributed by atoms with Gasteiger partial charge in [-0.1, -0.05) is 26.7 Å². The Bertz CT molecular complexity index is 498. The molecule has 0 aliphatic carbocycles. The average Bonchev–Trinajstić information content (AvgIpc) is 2.96. The third-order valence-corrected chi connectivity index (χ3v) is 5.42. The number of hydrogen-bond acceptors (Lipinski definition) is 12. The lowest BCUT2D eigenvalue weighted by Crippen LogP contribution is -2.20. The summed E-state index contributed by atoms with van der Waals surface area (Å²) >= 11 is 0. The SMILES string of the molecule is CCCCC(CC)C(=O)OCCOCCOCCOCCOCCOCCOCCOCCOCCOCCO. The minimum Gasteiger partial charge on any atom is -0.463 e. The standard InChI is InChI=1S/C28H56O12/c1-3-5-6-27(4-2)28(30)40-26-25-39-24-23-38-22-21-37-20-19-36-18-17-35-16-15-34-14-13-33-12-11-32-10-9-31-8-7-29/h27,29H,3-26H2,1-2H3. The lowest BCUT2D eigenvalue weighted by molar-refractivity contribution is -0.150. The molecule has 0 aromatic carbocycles. The third kappa shape index (κ3) is 30.0. The fraction of sp³-hybridized carbons (Fsp3) is 0.964. The Hall–Kier alpha value is -0.930. The van der Waals surface area contributed by atoms with E-state index in [1.807, 2.05) is 6.92 Å². The van der Waals surface area contributed by atoms with Crippen molar-refractivity contribution in [1.29, 1.82) is 0 Å². The van der Waals surface area contributed by atoms with Crippen LogP contribution in [0.2, 0.25) is 0 Å². The van der Waals surface area contributed by atoms with Crippen LogP contribution in [-0.2, 0) is 52.2 Å². The van der Waals surface area contributed by atoms with Gasteiger partial charge in [-0.3, -0.25) is 4.79 Å². The van der Waals surface area contributed by atoms with Gasteiger partial charge < -0.3 is 52.5 Å². The Morgan fingerprint density at radius 3 is 1.07 bits per heavy atom. The van der Waals surface area contributed by atoms with Gasteiger partial charge in [-0.15, -0.1) is 0 Å². The van der Waals surface area contributed by atoms with Gasteiger partial charge in [0.25, 0.3) is 0 Å². The van der Waals surface area contributed by atoms with Gasteiger partial charge in [0.2, 0.25) is 0 Å².